The van der Waals surface area contributed by atoms with Gasteiger partial charge in [-0.25, -0.2) is 4.99 Å². The molecule has 5 fully saturated rings. The predicted molar refractivity (Wildman–Crippen MR) is 223 cm³/mol. The van der Waals surface area contributed by atoms with Gasteiger partial charge in [0.15, 0.2) is 31.1 Å². The summed E-state index contributed by atoms with van der Waals surface area (Å²) in [5.41, 5.74) is 0. The van der Waals surface area contributed by atoms with Gasteiger partial charge in [-0.05, 0) is 0 Å². The van der Waals surface area contributed by atoms with Crippen molar-refractivity contribution in [2.45, 2.75) is 188 Å². The van der Waals surface area contributed by atoms with E-state index in [0.29, 0.717) is 0 Å². The lowest BCUT2D eigenvalue weighted by atomic mass is 9.93. The van der Waals surface area contributed by atoms with Crippen molar-refractivity contribution in [1.82, 2.24) is 21.3 Å². The van der Waals surface area contributed by atoms with Gasteiger partial charge >= 0.3 is 0 Å². The van der Waals surface area contributed by atoms with Gasteiger partial charge in [-0.1, -0.05) is 0 Å². The van der Waals surface area contributed by atoms with Crippen LogP contribution >= 0.6 is 0 Å². The number of fused-ring (bicyclic) bond motifs is 1. The van der Waals surface area contributed by atoms with Gasteiger partial charge in [0.2, 0.25) is 29.9 Å². The second kappa shape index (κ2) is 24.1. The maximum absolute atomic E-state index is 12.7. The number of ether oxygens (including phenoxy) is 10. The van der Waals surface area contributed by atoms with Crippen LogP contribution in [0.1, 0.15) is 34.6 Å². The maximum Gasteiger partial charge on any atom is 0.227 e. The average molecular weight is 1020 g/mol. The van der Waals surface area contributed by atoms with Crippen molar-refractivity contribution in [3.63, 3.8) is 0 Å². The van der Waals surface area contributed by atoms with Gasteiger partial charge in [-0.3, -0.25) is 19.2 Å². The fourth-order valence-corrected chi connectivity index (χ4v) is 9.29. The van der Waals surface area contributed by atoms with Gasteiger partial charge < -0.3 is 125 Å². The topological polar surface area (TPSA) is 444 Å². The van der Waals surface area contributed by atoms with E-state index in [1.807, 2.05) is 0 Å². The molecule has 6 aliphatic rings. The fraction of sp³-hybridized carbons (Fsp3) is 0.875. The molecular weight excluding hydrogens is 950 g/mol. The molecule has 0 aromatic heterocycles. The number of aliphatic hydroxyl groups is 11. The number of hydrogen-bond acceptors (Lipinski definition) is 26. The van der Waals surface area contributed by atoms with E-state index in [1.54, 1.807) is 0 Å². The van der Waals surface area contributed by atoms with Crippen molar-refractivity contribution >= 4 is 29.5 Å². The Kier molecular flexibility index (Phi) is 19.2. The molecule has 0 spiro atoms. The average Bonchev–Trinajstić information content (AvgIpc) is 3.69. The first kappa shape index (κ1) is 55.9. The van der Waals surface area contributed by atoms with Crippen molar-refractivity contribution in [2.24, 2.45) is 4.99 Å². The highest BCUT2D eigenvalue weighted by Crippen LogP contribution is 2.37. The summed E-state index contributed by atoms with van der Waals surface area (Å²) in [6.45, 7) is 1.50. The highest BCUT2D eigenvalue weighted by molar-refractivity contribution is 5.75. The molecule has 15 N–H and O–H groups in total. The van der Waals surface area contributed by atoms with Crippen molar-refractivity contribution in [1.29, 1.82) is 0 Å². The second-order valence-electron chi connectivity index (χ2n) is 17.6. The quantitative estimate of drug-likeness (QED) is 0.0643. The van der Waals surface area contributed by atoms with E-state index in [2.05, 4.69) is 26.3 Å². The Morgan fingerprint density at radius 3 is 1.04 bits per heavy atom. The van der Waals surface area contributed by atoms with Crippen LogP contribution in [0.4, 0.5) is 0 Å². The minimum atomic E-state index is -1.97. The summed E-state index contributed by atoms with van der Waals surface area (Å²) in [6.07, 6.45) is -32.9. The van der Waals surface area contributed by atoms with E-state index in [9.17, 15) is 75.3 Å². The third kappa shape index (κ3) is 12.1. The van der Waals surface area contributed by atoms with Crippen LogP contribution in [0, 0.1) is 0 Å². The van der Waals surface area contributed by atoms with Crippen LogP contribution in [-0.4, -0.2) is 272 Å². The number of carbonyl (C=O) groups excluding carboxylic acids is 4. The summed E-state index contributed by atoms with van der Waals surface area (Å²) >= 11 is 0. The van der Waals surface area contributed by atoms with Gasteiger partial charge in [0, 0.05) is 34.6 Å². The van der Waals surface area contributed by atoms with Gasteiger partial charge in [-0.15, -0.1) is 0 Å². The van der Waals surface area contributed by atoms with Crippen LogP contribution < -0.4 is 21.3 Å². The van der Waals surface area contributed by atoms with Crippen molar-refractivity contribution in [3.05, 3.63) is 0 Å². The van der Waals surface area contributed by atoms with Gasteiger partial charge in [0.05, 0.1) is 33.0 Å². The molecule has 4 amide bonds. The zero-order chi connectivity index (χ0) is 51.5. The third-order valence-electron chi connectivity index (χ3n) is 12.5. The number of aliphatic imine (C=N–C) groups is 1. The van der Waals surface area contributed by atoms with E-state index >= 15 is 0 Å². The molecule has 6 heterocycles. The third-order valence-corrected chi connectivity index (χ3v) is 12.5. The molecule has 15 unspecified atom stereocenters. The largest absolute Gasteiger partial charge is 0.450 e. The minimum Gasteiger partial charge on any atom is -0.450 e. The smallest absolute Gasteiger partial charge is 0.227 e. The lowest BCUT2D eigenvalue weighted by Crippen LogP contribution is -2.72. The Morgan fingerprint density at radius 2 is 0.729 bits per heavy atom. The SMILES string of the molecule is CC(=O)NC1C(O)[C@H](O)C(CO)O[C@H]1O[C@@H]1C(CO)O[C@@H](O[C@@H]2C(CO)O[C@@H](O[C@@H]3C(CO)O[C@@H](O[C@@H]4C(CO)O[C@@H]5OC(C)=NC5C4O)C(NC(C)=O)C3O)C(NC(C)=O)C2O)C(NC(C)=O)C1O. The summed E-state index contributed by atoms with van der Waals surface area (Å²) in [5, 5.41) is 130. The minimum absolute atomic E-state index is 0.195. The maximum atomic E-state index is 12.7. The summed E-state index contributed by atoms with van der Waals surface area (Å²) in [6, 6.07) is -7.39. The van der Waals surface area contributed by atoms with Gasteiger partial charge in [-0.2, -0.15) is 0 Å². The van der Waals surface area contributed by atoms with Crippen molar-refractivity contribution in [3.8, 4) is 0 Å². The first-order valence-corrected chi connectivity index (χ1v) is 22.5. The Balaban J connectivity index is 1.22. The molecule has 6 rings (SSSR count). The second-order valence-corrected chi connectivity index (χ2v) is 17.6. The lowest BCUT2D eigenvalue weighted by Gasteiger charge is -2.51. The van der Waals surface area contributed by atoms with Crippen LogP contribution in [0.2, 0.25) is 0 Å². The van der Waals surface area contributed by atoms with Crippen LogP contribution in [0.15, 0.2) is 4.99 Å². The molecule has 5 saturated heterocycles. The Hall–Kier alpha value is -3.45. The number of aliphatic hydroxyl groups excluding tert-OH is 11. The molecule has 0 aromatic carbocycles. The number of carbonyl (C=O) groups is 4. The summed E-state index contributed by atoms with van der Waals surface area (Å²) in [4.78, 5) is 54.0. The number of nitrogens with zero attached hydrogens (tertiary/aromatic N) is 1. The van der Waals surface area contributed by atoms with Crippen molar-refractivity contribution in [2.75, 3.05) is 33.0 Å². The van der Waals surface area contributed by atoms with Crippen molar-refractivity contribution < 1.29 is 123 Å². The van der Waals surface area contributed by atoms with E-state index in [1.165, 1.54) is 6.92 Å². The molecule has 400 valence electrons. The molecule has 30 nitrogen and oxygen atoms in total. The van der Waals surface area contributed by atoms with Crippen LogP contribution in [0.25, 0.3) is 0 Å². The number of rotatable bonds is 17. The monoisotopic (exact) mass is 1020 g/mol. The van der Waals surface area contributed by atoms with Gasteiger partial charge in [0.25, 0.3) is 0 Å². The molecule has 70 heavy (non-hydrogen) atoms. The Bertz CT molecular complexity index is 1820. The summed E-state index contributed by atoms with van der Waals surface area (Å²) in [7, 11) is 0. The Morgan fingerprint density at radius 1 is 0.443 bits per heavy atom. The number of nitrogens with one attached hydrogen (secondary N) is 4. The molecule has 0 bridgehead atoms. The van der Waals surface area contributed by atoms with Crippen LogP contribution in [-0.2, 0) is 66.5 Å². The highest BCUT2D eigenvalue weighted by atomic mass is 16.8. The van der Waals surface area contributed by atoms with E-state index in [4.69, 9.17) is 47.4 Å². The number of amides is 4. The zero-order valence-electron chi connectivity index (χ0n) is 38.6. The highest BCUT2D eigenvalue weighted by Gasteiger charge is 2.58. The molecule has 6 aliphatic heterocycles. The molecule has 0 aromatic rings. The lowest BCUT2D eigenvalue weighted by molar-refractivity contribution is -0.366. The van der Waals surface area contributed by atoms with E-state index in [0.717, 1.165) is 27.7 Å². The van der Waals surface area contributed by atoms with Gasteiger partial charge in [0.1, 0.15) is 122 Å². The normalized spacial score (nSPS) is 45.1. The van der Waals surface area contributed by atoms with E-state index < -0.39 is 210 Å². The molecule has 0 saturated carbocycles. The Labute approximate surface area is 399 Å². The fourth-order valence-electron chi connectivity index (χ4n) is 9.29. The first-order chi connectivity index (χ1) is 33.2. The van der Waals surface area contributed by atoms with Crippen LogP contribution in [0.5, 0.6) is 0 Å². The first-order valence-electron chi connectivity index (χ1n) is 22.5. The summed E-state index contributed by atoms with van der Waals surface area (Å²) in [5.74, 6) is -2.77. The van der Waals surface area contributed by atoms with Crippen LogP contribution in [0.3, 0.4) is 0 Å². The van der Waals surface area contributed by atoms with E-state index in [-0.39, 0.29) is 5.90 Å². The zero-order valence-corrected chi connectivity index (χ0v) is 38.6. The summed E-state index contributed by atoms with van der Waals surface area (Å²) < 4.78 is 59.1. The number of hydrogen-bond donors (Lipinski definition) is 15. The predicted octanol–water partition coefficient (Wildman–Crippen LogP) is -9.89. The standard InChI is InChI=1S/C40H65N5O25/c1-11(51)41-21-27(56)26(55)16(6-46)62-37(21)67-32-18(8-48)64-38(22(28(32)57)42-12(2)52)68-33-19(9-49)65-39(23(29(33)58)43-13(3)53)69-34-20(10-50)66-40(24(30(34)59)44-14(4)54)70-35-17(7-47)63-36-25(31(35)60)45-15(5)61-36/h16-40,46-50,55-60H,6-10H2,1-5H3,(H,41,51)(H,42,52)(H,43,53)(H,44,54)/t16?,17?,18?,19?,20?,21?,22?,23?,24?,25?,26-,27?,28?,29?,30?,31?,32-,33-,34-,35-,36+,37+,38+,39+,40+/m1/s1. The molecule has 25 atom stereocenters. The molecule has 30 heteroatoms. The molecule has 0 radical (unpaired) electrons. The molecule has 0 aliphatic carbocycles. The molecular formula is C40H65N5O25.